The van der Waals surface area contributed by atoms with E-state index in [-0.39, 0.29) is 0 Å². The number of carbonyl (C=O) groups excluding carboxylic acids is 1. The Morgan fingerprint density at radius 1 is 1.29 bits per heavy atom. The van der Waals surface area contributed by atoms with Gasteiger partial charge in [-0.05, 0) is 24.3 Å². The average Bonchev–Trinajstić information content (AvgIpc) is 2.18. The van der Waals surface area contributed by atoms with E-state index in [0.717, 1.165) is 10.9 Å². The van der Waals surface area contributed by atoms with Gasteiger partial charge in [0.25, 0.3) is 0 Å². The van der Waals surface area contributed by atoms with E-state index in [4.69, 9.17) is 5.73 Å². The van der Waals surface area contributed by atoms with Crippen LogP contribution in [0.15, 0.2) is 36.5 Å². The van der Waals surface area contributed by atoms with Gasteiger partial charge in [-0.2, -0.15) is 0 Å². The highest BCUT2D eigenvalue weighted by Crippen LogP contribution is 2.20. The third-order valence-corrected chi connectivity index (χ3v) is 1.90. The third-order valence-electron chi connectivity index (χ3n) is 1.90. The Bertz CT molecular complexity index is 476. The zero-order valence-corrected chi connectivity index (χ0v) is 7.40. The van der Waals surface area contributed by atoms with E-state index >= 15 is 0 Å². The second kappa shape index (κ2) is 3.33. The first-order chi connectivity index (χ1) is 6.77. The van der Waals surface area contributed by atoms with Crippen molar-refractivity contribution in [2.24, 2.45) is 5.73 Å². The van der Waals surface area contributed by atoms with Crippen molar-refractivity contribution in [2.45, 2.75) is 0 Å². The fourth-order valence-electron chi connectivity index (χ4n) is 1.35. The van der Waals surface area contributed by atoms with Gasteiger partial charge in [-0.15, -0.1) is 0 Å². The molecule has 14 heavy (non-hydrogen) atoms. The highest BCUT2D eigenvalue weighted by Gasteiger charge is 2.01. The summed E-state index contributed by atoms with van der Waals surface area (Å²) in [4.78, 5) is 14.9. The van der Waals surface area contributed by atoms with Gasteiger partial charge in [0.05, 0.1) is 11.2 Å². The number of pyridine rings is 1. The molecule has 3 N–H and O–H groups in total. The maximum absolute atomic E-state index is 10.7. The van der Waals surface area contributed by atoms with Crippen molar-refractivity contribution in [3.63, 3.8) is 0 Å². The van der Waals surface area contributed by atoms with Gasteiger partial charge in [-0.1, -0.05) is 6.07 Å². The molecule has 0 aliphatic carbocycles. The van der Waals surface area contributed by atoms with E-state index in [1.165, 1.54) is 0 Å². The molecule has 0 saturated carbocycles. The quantitative estimate of drug-likeness (QED) is 0.713. The summed E-state index contributed by atoms with van der Waals surface area (Å²) >= 11 is 0. The van der Waals surface area contributed by atoms with Crippen LogP contribution in [0.1, 0.15) is 0 Å². The normalized spacial score (nSPS) is 10.0. The summed E-state index contributed by atoms with van der Waals surface area (Å²) in [6, 6.07) is 8.61. The van der Waals surface area contributed by atoms with Gasteiger partial charge >= 0.3 is 6.03 Å². The second-order valence-electron chi connectivity index (χ2n) is 2.86. The smallest absolute Gasteiger partial charge is 0.316 e. The van der Waals surface area contributed by atoms with Crippen LogP contribution in [0.5, 0.6) is 0 Å². The summed E-state index contributed by atoms with van der Waals surface area (Å²) in [7, 11) is 0. The molecule has 1 aromatic heterocycles. The van der Waals surface area contributed by atoms with E-state index in [9.17, 15) is 4.79 Å². The van der Waals surface area contributed by atoms with E-state index in [2.05, 4.69) is 10.3 Å². The molecule has 0 spiro atoms. The Balaban J connectivity index is 2.59. The van der Waals surface area contributed by atoms with Gasteiger partial charge in [0.1, 0.15) is 0 Å². The number of nitrogens with two attached hydrogens (primary N) is 1. The number of anilines is 1. The molecule has 1 heterocycles. The molecule has 0 aliphatic heterocycles. The van der Waals surface area contributed by atoms with Crippen molar-refractivity contribution < 1.29 is 4.79 Å². The second-order valence-corrected chi connectivity index (χ2v) is 2.86. The number of hydrogen-bond donors (Lipinski definition) is 2. The molecule has 0 fully saturated rings. The van der Waals surface area contributed by atoms with Crippen molar-refractivity contribution in [2.75, 3.05) is 5.32 Å². The standard InChI is InChI=1S/C10H9N3O/c11-10(14)13-9-5-1-4-8-7(9)3-2-6-12-8/h1-6H,(H3,11,13,14). The molecular weight excluding hydrogens is 178 g/mol. The minimum absolute atomic E-state index is 0.568. The lowest BCUT2D eigenvalue weighted by Gasteiger charge is -2.04. The largest absolute Gasteiger partial charge is 0.351 e. The van der Waals surface area contributed by atoms with Gasteiger partial charge < -0.3 is 11.1 Å². The molecule has 0 aliphatic rings. The summed E-state index contributed by atoms with van der Waals surface area (Å²) in [6.07, 6.45) is 1.70. The molecular formula is C10H9N3O. The molecule has 4 heteroatoms. The highest BCUT2D eigenvalue weighted by molar-refractivity contribution is 5.99. The highest BCUT2D eigenvalue weighted by atomic mass is 16.2. The Labute approximate surface area is 80.7 Å². The number of nitrogens with one attached hydrogen (secondary N) is 1. The van der Waals surface area contributed by atoms with Gasteiger partial charge in [0.15, 0.2) is 0 Å². The molecule has 2 rings (SSSR count). The number of primary amides is 1. The van der Waals surface area contributed by atoms with Crippen LogP contribution in [0, 0.1) is 0 Å². The van der Waals surface area contributed by atoms with Gasteiger partial charge in [-0.25, -0.2) is 4.79 Å². The molecule has 0 unspecified atom stereocenters. The lowest BCUT2D eigenvalue weighted by Crippen LogP contribution is -2.19. The van der Waals surface area contributed by atoms with Crippen LogP contribution in [0.2, 0.25) is 0 Å². The summed E-state index contributed by atoms with van der Waals surface area (Å²) in [5, 5.41) is 3.43. The predicted octanol–water partition coefficient (Wildman–Crippen LogP) is 1.73. The molecule has 0 bridgehead atoms. The molecule has 70 valence electrons. The molecule has 2 amide bonds. The first-order valence-corrected chi connectivity index (χ1v) is 4.17. The van der Waals surface area contributed by atoms with Crippen molar-refractivity contribution in [1.29, 1.82) is 0 Å². The molecule has 0 saturated heterocycles. The fraction of sp³-hybridized carbons (Fsp3) is 0. The number of benzene rings is 1. The number of hydrogen-bond acceptors (Lipinski definition) is 2. The molecule has 4 nitrogen and oxygen atoms in total. The Morgan fingerprint density at radius 2 is 2.14 bits per heavy atom. The molecule has 0 radical (unpaired) electrons. The van der Waals surface area contributed by atoms with Gasteiger partial charge in [0, 0.05) is 11.6 Å². The summed E-state index contributed by atoms with van der Waals surface area (Å²) in [5.74, 6) is 0. The maximum Gasteiger partial charge on any atom is 0.316 e. The van der Waals surface area contributed by atoms with Crippen LogP contribution in [0.4, 0.5) is 10.5 Å². The Hall–Kier alpha value is -2.10. The zero-order valence-electron chi connectivity index (χ0n) is 7.40. The minimum atomic E-state index is -0.568. The van der Waals surface area contributed by atoms with Crippen LogP contribution in [-0.4, -0.2) is 11.0 Å². The first kappa shape index (κ1) is 8.50. The van der Waals surface area contributed by atoms with Crippen molar-refractivity contribution >= 4 is 22.6 Å². The average molecular weight is 187 g/mol. The predicted molar refractivity (Wildman–Crippen MR) is 54.9 cm³/mol. The third kappa shape index (κ3) is 1.50. The van der Waals surface area contributed by atoms with Gasteiger partial charge in [0.2, 0.25) is 0 Å². The van der Waals surface area contributed by atoms with Crippen molar-refractivity contribution in [3.05, 3.63) is 36.5 Å². The lowest BCUT2D eigenvalue weighted by molar-refractivity contribution is 0.259. The number of fused-ring (bicyclic) bond motifs is 1. The zero-order chi connectivity index (χ0) is 9.97. The SMILES string of the molecule is NC(=O)Nc1cccc2ncccc12. The van der Waals surface area contributed by atoms with Crippen molar-refractivity contribution in [3.8, 4) is 0 Å². The number of nitrogens with zero attached hydrogens (tertiary/aromatic N) is 1. The number of amides is 2. The molecule has 2 aromatic rings. The van der Waals surface area contributed by atoms with Crippen LogP contribution < -0.4 is 11.1 Å². The van der Waals surface area contributed by atoms with E-state index in [1.54, 1.807) is 12.3 Å². The summed E-state index contributed by atoms with van der Waals surface area (Å²) in [6.45, 7) is 0. The number of aromatic nitrogens is 1. The summed E-state index contributed by atoms with van der Waals surface area (Å²) in [5.41, 5.74) is 6.56. The van der Waals surface area contributed by atoms with Crippen molar-refractivity contribution in [1.82, 2.24) is 4.98 Å². The van der Waals surface area contributed by atoms with Crippen LogP contribution >= 0.6 is 0 Å². The minimum Gasteiger partial charge on any atom is -0.351 e. The lowest BCUT2D eigenvalue weighted by atomic mass is 10.2. The van der Waals surface area contributed by atoms with Crippen LogP contribution in [0.3, 0.4) is 0 Å². The van der Waals surface area contributed by atoms with Crippen LogP contribution in [0.25, 0.3) is 10.9 Å². The van der Waals surface area contributed by atoms with E-state index in [1.807, 2.05) is 24.3 Å². The molecule has 1 aromatic carbocycles. The van der Waals surface area contributed by atoms with E-state index in [0.29, 0.717) is 5.69 Å². The number of carbonyl (C=O) groups is 1. The van der Waals surface area contributed by atoms with Crippen LogP contribution in [-0.2, 0) is 0 Å². The Morgan fingerprint density at radius 3 is 2.93 bits per heavy atom. The summed E-state index contributed by atoms with van der Waals surface area (Å²) < 4.78 is 0. The molecule has 0 atom stereocenters. The van der Waals surface area contributed by atoms with Gasteiger partial charge in [-0.3, -0.25) is 4.98 Å². The Kier molecular flexibility index (Phi) is 2.02. The monoisotopic (exact) mass is 187 g/mol. The number of rotatable bonds is 1. The maximum atomic E-state index is 10.7. The number of urea groups is 1. The first-order valence-electron chi connectivity index (χ1n) is 4.17. The fourth-order valence-corrected chi connectivity index (χ4v) is 1.35. The van der Waals surface area contributed by atoms with E-state index < -0.39 is 6.03 Å². The topological polar surface area (TPSA) is 68.0 Å².